The van der Waals surface area contributed by atoms with E-state index in [-0.39, 0.29) is 19.3 Å². The van der Waals surface area contributed by atoms with E-state index in [4.69, 9.17) is 14.9 Å². The second kappa shape index (κ2) is 8.48. The third-order valence-electron chi connectivity index (χ3n) is 2.07. The van der Waals surface area contributed by atoms with Gasteiger partial charge in [-0.3, -0.25) is 0 Å². The first kappa shape index (κ1) is 12.9. The van der Waals surface area contributed by atoms with Crippen LogP contribution < -0.4 is 0 Å². The topological polar surface area (TPSA) is 49.7 Å². The van der Waals surface area contributed by atoms with Crippen LogP contribution >= 0.6 is 0 Å². The molecule has 0 aliphatic rings. The average molecular weight is 190 g/mol. The van der Waals surface area contributed by atoms with E-state index in [1.54, 1.807) is 0 Å². The van der Waals surface area contributed by atoms with Crippen molar-refractivity contribution in [3.8, 4) is 0 Å². The van der Waals surface area contributed by atoms with Crippen molar-refractivity contribution in [1.82, 2.24) is 0 Å². The molecular formula is C10H22O3. The molecule has 0 heterocycles. The Morgan fingerprint density at radius 2 is 2.00 bits per heavy atom. The van der Waals surface area contributed by atoms with Crippen molar-refractivity contribution in [1.29, 1.82) is 0 Å². The highest BCUT2D eigenvalue weighted by atomic mass is 16.5. The van der Waals surface area contributed by atoms with Gasteiger partial charge in [-0.2, -0.15) is 0 Å². The van der Waals surface area contributed by atoms with Gasteiger partial charge < -0.3 is 14.9 Å². The first-order valence-electron chi connectivity index (χ1n) is 5.15. The Balaban J connectivity index is 3.46. The second-order valence-corrected chi connectivity index (χ2v) is 3.34. The van der Waals surface area contributed by atoms with Crippen LogP contribution in [0.4, 0.5) is 0 Å². The molecule has 0 aromatic heterocycles. The molecule has 0 spiro atoms. The number of ether oxygens (including phenoxy) is 1. The summed E-state index contributed by atoms with van der Waals surface area (Å²) in [5, 5.41) is 17.6. The van der Waals surface area contributed by atoms with E-state index in [1.165, 1.54) is 6.42 Å². The maximum atomic E-state index is 9.05. The molecule has 0 radical (unpaired) electrons. The van der Waals surface area contributed by atoms with Crippen molar-refractivity contribution >= 4 is 0 Å². The van der Waals surface area contributed by atoms with Gasteiger partial charge in [0.05, 0.1) is 19.3 Å². The van der Waals surface area contributed by atoms with Gasteiger partial charge in [0, 0.05) is 0 Å². The Morgan fingerprint density at radius 3 is 2.46 bits per heavy atom. The first-order chi connectivity index (χ1) is 6.24. The molecule has 0 fully saturated rings. The maximum Gasteiger partial charge on any atom is 0.100 e. The summed E-state index contributed by atoms with van der Waals surface area (Å²) in [6.07, 6.45) is 3.86. The predicted octanol–water partition coefficient (Wildman–Crippen LogP) is 1.32. The lowest BCUT2D eigenvalue weighted by Gasteiger charge is -2.17. The van der Waals surface area contributed by atoms with Crippen LogP contribution in [0.1, 0.15) is 39.5 Å². The predicted molar refractivity (Wildman–Crippen MR) is 52.6 cm³/mol. The Morgan fingerprint density at radius 1 is 1.31 bits per heavy atom. The van der Waals surface area contributed by atoms with Crippen molar-refractivity contribution in [2.24, 2.45) is 0 Å². The van der Waals surface area contributed by atoms with Crippen LogP contribution in [0.3, 0.4) is 0 Å². The minimum absolute atomic E-state index is 0.218. The second-order valence-electron chi connectivity index (χ2n) is 3.34. The largest absolute Gasteiger partial charge is 0.394 e. The summed E-state index contributed by atoms with van der Waals surface area (Å²) in [7, 11) is 0. The zero-order valence-corrected chi connectivity index (χ0v) is 8.70. The molecule has 0 aliphatic heterocycles. The molecule has 3 heteroatoms. The lowest BCUT2D eigenvalue weighted by molar-refractivity contribution is -0.0326. The standard InChI is InChI=1S/C10H22O3/c1-3-5-6-10(4-2)13-8-9(12)7-11/h9-12H,3-8H2,1-2H3. The SMILES string of the molecule is CCCCC(CC)OCC(O)CO. The Bertz CT molecular complexity index is 106. The van der Waals surface area contributed by atoms with Crippen molar-refractivity contribution < 1.29 is 14.9 Å². The molecule has 0 rings (SSSR count). The normalized spacial score (nSPS) is 15.7. The number of hydrogen-bond acceptors (Lipinski definition) is 3. The Labute approximate surface area is 80.7 Å². The number of rotatable bonds is 8. The van der Waals surface area contributed by atoms with Gasteiger partial charge in [0.1, 0.15) is 6.10 Å². The maximum absolute atomic E-state index is 9.05. The molecular weight excluding hydrogens is 168 g/mol. The highest BCUT2D eigenvalue weighted by Crippen LogP contribution is 2.08. The lowest BCUT2D eigenvalue weighted by Crippen LogP contribution is -2.24. The highest BCUT2D eigenvalue weighted by Gasteiger charge is 2.08. The molecule has 80 valence electrons. The highest BCUT2D eigenvalue weighted by molar-refractivity contribution is 4.58. The zero-order chi connectivity index (χ0) is 10.1. The lowest BCUT2D eigenvalue weighted by atomic mass is 10.1. The number of aliphatic hydroxyl groups excluding tert-OH is 2. The molecule has 0 bridgehead atoms. The van der Waals surface area contributed by atoms with Crippen molar-refractivity contribution in [3.63, 3.8) is 0 Å². The van der Waals surface area contributed by atoms with Crippen molar-refractivity contribution in [2.75, 3.05) is 13.2 Å². The van der Waals surface area contributed by atoms with Crippen molar-refractivity contribution in [3.05, 3.63) is 0 Å². The fourth-order valence-corrected chi connectivity index (χ4v) is 1.14. The molecule has 0 aromatic carbocycles. The van der Waals surface area contributed by atoms with Gasteiger partial charge in [-0.1, -0.05) is 26.7 Å². The van der Waals surface area contributed by atoms with Crippen LogP contribution in [-0.2, 0) is 4.74 Å². The summed E-state index contributed by atoms with van der Waals surface area (Å²) in [5.41, 5.74) is 0. The Hall–Kier alpha value is -0.120. The molecule has 0 saturated carbocycles. The van der Waals surface area contributed by atoms with Crippen molar-refractivity contribution in [2.45, 2.75) is 51.7 Å². The van der Waals surface area contributed by atoms with E-state index < -0.39 is 6.10 Å². The molecule has 0 aromatic rings. The van der Waals surface area contributed by atoms with Gasteiger partial charge in [-0.25, -0.2) is 0 Å². The molecule has 3 nitrogen and oxygen atoms in total. The van der Waals surface area contributed by atoms with Gasteiger partial charge >= 0.3 is 0 Å². The third kappa shape index (κ3) is 6.99. The number of aliphatic hydroxyl groups is 2. The summed E-state index contributed by atoms with van der Waals surface area (Å²) >= 11 is 0. The molecule has 2 N–H and O–H groups in total. The van der Waals surface area contributed by atoms with E-state index in [9.17, 15) is 0 Å². The van der Waals surface area contributed by atoms with Crippen LogP contribution in [0.2, 0.25) is 0 Å². The fraction of sp³-hybridized carbons (Fsp3) is 1.00. The van der Waals surface area contributed by atoms with Crippen LogP contribution in [0.15, 0.2) is 0 Å². The monoisotopic (exact) mass is 190 g/mol. The molecule has 0 saturated heterocycles. The van der Waals surface area contributed by atoms with Gasteiger partial charge in [0.15, 0.2) is 0 Å². The van der Waals surface area contributed by atoms with Crippen LogP contribution in [-0.4, -0.2) is 35.6 Å². The van der Waals surface area contributed by atoms with Gasteiger partial charge in [-0.05, 0) is 12.8 Å². The van der Waals surface area contributed by atoms with Gasteiger partial charge in [-0.15, -0.1) is 0 Å². The average Bonchev–Trinajstić information content (AvgIpc) is 2.17. The van der Waals surface area contributed by atoms with Crippen LogP contribution in [0.25, 0.3) is 0 Å². The molecule has 0 aliphatic carbocycles. The molecule has 2 unspecified atom stereocenters. The first-order valence-corrected chi connectivity index (χ1v) is 5.15. The van der Waals surface area contributed by atoms with Crippen LogP contribution in [0, 0.1) is 0 Å². The quantitative estimate of drug-likeness (QED) is 0.607. The van der Waals surface area contributed by atoms with Gasteiger partial charge in [0.25, 0.3) is 0 Å². The zero-order valence-electron chi connectivity index (χ0n) is 8.70. The fourth-order valence-electron chi connectivity index (χ4n) is 1.14. The minimum atomic E-state index is -0.726. The minimum Gasteiger partial charge on any atom is -0.394 e. The molecule has 0 amide bonds. The summed E-state index contributed by atoms with van der Waals surface area (Å²) in [6.45, 7) is 4.25. The van der Waals surface area contributed by atoms with Gasteiger partial charge in [0.2, 0.25) is 0 Å². The van der Waals surface area contributed by atoms with E-state index in [0.29, 0.717) is 0 Å². The van der Waals surface area contributed by atoms with E-state index in [1.807, 2.05) is 0 Å². The van der Waals surface area contributed by atoms with E-state index >= 15 is 0 Å². The Kier molecular flexibility index (Phi) is 8.40. The summed E-state index contributed by atoms with van der Waals surface area (Å²) < 4.78 is 5.44. The summed E-state index contributed by atoms with van der Waals surface area (Å²) in [5.74, 6) is 0. The van der Waals surface area contributed by atoms with E-state index in [2.05, 4.69) is 13.8 Å². The summed E-state index contributed by atoms with van der Waals surface area (Å²) in [6, 6.07) is 0. The molecule has 13 heavy (non-hydrogen) atoms. The van der Waals surface area contributed by atoms with E-state index in [0.717, 1.165) is 19.3 Å². The third-order valence-corrected chi connectivity index (χ3v) is 2.07. The smallest absolute Gasteiger partial charge is 0.100 e. The van der Waals surface area contributed by atoms with Crippen LogP contribution in [0.5, 0.6) is 0 Å². The molecule has 2 atom stereocenters. The summed E-state index contributed by atoms with van der Waals surface area (Å²) in [4.78, 5) is 0. The number of hydrogen-bond donors (Lipinski definition) is 2. The number of unbranched alkanes of at least 4 members (excludes halogenated alkanes) is 1.